The molecule has 0 bridgehead atoms. The maximum atomic E-state index is 12.9. The van der Waals surface area contributed by atoms with Gasteiger partial charge in [0, 0.05) is 18.4 Å². The Morgan fingerprint density at radius 3 is 2.54 bits per heavy atom. The molecule has 4 aliphatic carbocycles. The molecule has 0 aromatic rings. The Labute approximate surface area is 144 Å². The molecule has 0 spiro atoms. The molecule has 0 aromatic carbocycles. The Morgan fingerprint density at radius 2 is 1.83 bits per heavy atom. The van der Waals surface area contributed by atoms with Gasteiger partial charge in [0.15, 0.2) is 11.6 Å². The summed E-state index contributed by atoms with van der Waals surface area (Å²) in [4.78, 5) is 24.7. The quantitative estimate of drug-likeness (QED) is 0.795. The summed E-state index contributed by atoms with van der Waals surface area (Å²) >= 11 is 0. The van der Waals surface area contributed by atoms with Crippen molar-refractivity contribution >= 4 is 11.6 Å². The highest BCUT2D eigenvalue weighted by Crippen LogP contribution is 2.67. The van der Waals surface area contributed by atoms with Gasteiger partial charge < -0.3 is 5.11 Å². The lowest BCUT2D eigenvalue weighted by atomic mass is 9.46. The van der Waals surface area contributed by atoms with Crippen molar-refractivity contribution in [3.05, 3.63) is 11.6 Å². The van der Waals surface area contributed by atoms with Crippen molar-refractivity contribution in [2.45, 2.75) is 77.7 Å². The Bertz CT molecular complexity index is 635. The summed E-state index contributed by atoms with van der Waals surface area (Å²) < 4.78 is 0. The smallest absolute Gasteiger partial charge is 0.159 e. The van der Waals surface area contributed by atoms with E-state index in [-0.39, 0.29) is 22.4 Å². The van der Waals surface area contributed by atoms with E-state index < -0.39 is 5.60 Å². The molecule has 4 aliphatic rings. The van der Waals surface area contributed by atoms with Crippen LogP contribution in [-0.4, -0.2) is 22.3 Å². The largest absolute Gasteiger partial charge is 0.389 e. The lowest BCUT2D eigenvalue weighted by Crippen LogP contribution is -2.56. The molecule has 0 radical (unpaired) electrons. The molecule has 4 rings (SSSR count). The van der Waals surface area contributed by atoms with Gasteiger partial charge in [-0.25, -0.2) is 0 Å². The van der Waals surface area contributed by atoms with Crippen LogP contribution in [0.15, 0.2) is 11.6 Å². The van der Waals surface area contributed by atoms with Gasteiger partial charge in [-0.2, -0.15) is 0 Å². The highest BCUT2D eigenvalue weighted by atomic mass is 16.3. The number of ketones is 2. The monoisotopic (exact) mass is 330 g/mol. The third kappa shape index (κ3) is 1.88. The molecule has 0 saturated heterocycles. The number of hydrogen-bond donors (Lipinski definition) is 1. The van der Waals surface area contributed by atoms with Crippen LogP contribution in [0.1, 0.15) is 72.1 Å². The molecule has 24 heavy (non-hydrogen) atoms. The Balaban J connectivity index is 1.74. The van der Waals surface area contributed by atoms with Crippen LogP contribution in [-0.2, 0) is 9.59 Å². The fourth-order valence-corrected chi connectivity index (χ4v) is 7.08. The van der Waals surface area contributed by atoms with Crippen molar-refractivity contribution in [2.24, 2.45) is 28.6 Å². The van der Waals surface area contributed by atoms with E-state index in [1.807, 2.05) is 0 Å². The normalized spacial score (nSPS) is 50.8. The SMILES string of the molecule is CC[C@@]1(O)CCC2C3CC(=O)C4=CC(=O)CC[C@@]4(C)C3CC[C@]21C. The first kappa shape index (κ1) is 16.5. The summed E-state index contributed by atoms with van der Waals surface area (Å²) in [7, 11) is 0. The molecule has 3 unspecified atom stereocenters. The van der Waals surface area contributed by atoms with Crippen molar-refractivity contribution in [2.75, 3.05) is 0 Å². The molecule has 0 aliphatic heterocycles. The van der Waals surface area contributed by atoms with Crippen LogP contribution in [0.3, 0.4) is 0 Å². The van der Waals surface area contributed by atoms with Gasteiger partial charge in [-0.1, -0.05) is 20.8 Å². The van der Waals surface area contributed by atoms with E-state index in [1.54, 1.807) is 6.08 Å². The second kappa shape index (κ2) is 5.03. The van der Waals surface area contributed by atoms with Gasteiger partial charge in [0.2, 0.25) is 0 Å². The molecule has 3 saturated carbocycles. The Hall–Kier alpha value is -0.960. The number of allylic oxidation sites excluding steroid dienone is 1. The molecule has 132 valence electrons. The summed E-state index contributed by atoms with van der Waals surface area (Å²) in [5.74, 6) is 1.64. The molecule has 3 nitrogen and oxygen atoms in total. The van der Waals surface area contributed by atoms with Crippen LogP contribution < -0.4 is 0 Å². The summed E-state index contributed by atoms with van der Waals surface area (Å²) in [6.07, 6.45) is 8.50. The number of fused-ring (bicyclic) bond motifs is 5. The number of Topliss-reactive ketones (excluding diaryl/α,β-unsaturated/α-hetero) is 1. The molecule has 3 heteroatoms. The van der Waals surface area contributed by atoms with Crippen LogP contribution in [0.25, 0.3) is 0 Å². The zero-order valence-corrected chi connectivity index (χ0v) is 15.2. The minimum Gasteiger partial charge on any atom is -0.389 e. The molecular formula is C21H30O3. The van der Waals surface area contributed by atoms with Crippen molar-refractivity contribution in [1.82, 2.24) is 0 Å². The summed E-state index contributed by atoms with van der Waals surface area (Å²) in [6.45, 7) is 6.59. The first-order chi connectivity index (χ1) is 11.2. The Morgan fingerprint density at radius 1 is 1.12 bits per heavy atom. The Kier molecular flexibility index (Phi) is 3.46. The van der Waals surface area contributed by atoms with Gasteiger partial charge in [-0.3, -0.25) is 9.59 Å². The van der Waals surface area contributed by atoms with Crippen LogP contribution in [0.4, 0.5) is 0 Å². The molecular weight excluding hydrogens is 300 g/mol. The highest BCUT2D eigenvalue weighted by molar-refractivity contribution is 6.05. The summed E-state index contributed by atoms with van der Waals surface area (Å²) in [5.41, 5.74) is 0.0749. The van der Waals surface area contributed by atoms with Crippen LogP contribution in [0, 0.1) is 28.6 Å². The predicted octanol–water partition coefficient (Wildman–Crippen LogP) is 3.84. The van der Waals surface area contributed by atoms with E-state index in [2.05, 4.69) is 20.8 Å². The zero-order chi connectivity index (χ0) is 17.3. The average molecular weight is 330 g/mol. The maximum Gasteiger partial charge on any atom is 0.159 e. The van der Waals surface area contributed by atoms with E-state index in [9.17, 15) is 14.7 Å². The van der Waals surface area contributed by atoms with Crippen LogP contribution >= 0.6 is 0 Å². The van der Waals surface area contributed by atoms with Gasteiger partial charge in [0.25, 0.3) is 0 Å². The van der Waals surface area contributed by atoms with Gasteiger partial charge in [0.1, 0.15) is 0 Å². The van der Waals surface area contributed by atoms with Crippen molar-refractivity contribution in [1.29, 1.82) is 0 Å². The van der Waals surface area contributed by atoms with Gasteiger partial charge in [-0.15, -0.1) is 0 Å². The third-order valence-corrected chi connectivity index (χ3v) is 8.69. The lowest BCUT2D eigenvalue weighted by Gasteiger charge is -2.58. The molecule has 6 atom stereocenters. The van der Waals surface area contributed by atoms with E-state index in [4.69, 9.17) is 0 Å². The van der Waals surface area contributed by atoms with E-state index in [1.165, 1.54) is 0 Å². The van der Waals surface area contributed by atoms with Crippen molar-refractivity contribution in [3.63, 3.8) is 0 Å². The fraction of sp³-hybridized carbons (Fsp3) is 0.810. The van der Waals surface area contributed by atoms with E-state index in [0.29, 0.717) is 30.6 Å². The molecule has 1 N–H and O–H groups in total. The summed E-state index contributed by atoms with van der Waals surface area (Å²) in [6, 6.07) is 0. The fourth-order valence-electron chi connectivity index (χ4n) is 7.08. The van der Waals surface area contributed by atoms with Gasteiger partial charge in [0.05, 0.1) is 5.60 Å². The number of carbonyl (C=O) groups is 2. The number of aliphatic hydroxyl groups is 1. The number of rotatable bonds is 1. The van der Waals surface area contributed by atoms with Crippen molar-refractivity contribution in [3.8, 4) is 0 Å². The van der Waals surface area contributed by atoms with Gasteiger partial charge in [-0.05, 0) is 73.2 Å². The lowest BCUT2D eigenvalue weighted by molar-refractivity contribution is -0.143. The minimum atomic E-state index is -0.564. The second-order valence-corrected chi connectivity index (χ2v) is 9.33. The average Bonchev–Trinajstić information content (AvgIpc) is 2.82. The predicted molar refractivity (Wildman–Crippen MR) is 92.3 cm³/mol. The van der Waals surface area contributed by atoms with Crippen LogP contribution in [0.5, 0.6) is 0 Å². The van der Waals surface area contributed by atoms with E-state index >= 15 is 0 Å². The zero-order valence-electron chi connectivity index (χ0n) is 15.2. The molecule has 3 fully saturated rings. The van der Waals surface area contributed by atoms with E-state index in [0.717, 1.165) is 44.1 Å². The highest BCUT2D eigenvalue weighted by Gasteiger charge is 2.64. The topological polar surface area (TPSA) is 54.4 Å². The van der Waals surface area contributed by atoms with Crippen molar-refractivity contribution < 1.29 is 14.7 Å². The first-order valence-corrected chi connectivity index (χ1v) is 9.76. The minimum absolute atomic E-state index is 0.0503. The third-order valence-electron chi connectivity index (χ3n) is 8.69. The first-order valence-electron chi connectivity index (χ1n) is 9.76. The molecule has 0 amide bonds. The molecule has 0 heterocycles. The maximum absolute atomic E-state index is 12.9. The number of carbonyl (C=O) groups excluding carboxylic acids is 2. The second-order valence-electron chi connectivity index (χ2n) is 9.33. The number of hydrogen-bond acceptors (Lipinski definition) is 3. The van der Waals surface area contributed by atoms with Gasteiger partial charge >= 0.3 is 0 Å². The standard InChI is InChI=1S/C21H30O3/c1-4-21(24)10-7-16-14-12-18(23)17-11-13(22)5-8-19(17,2)15(14)6-9-20(16,21)3/h11,14-16,24H,4-10,12H2,1-3H3/t14?,15?,16?,19-,20+,21+/m0/s1. The van der Waals surface area contributed by atoms with Crippen LogP contribution in [0.2, 0.25) is 0 Å². The molecule has 0 aromatic heterocycles. The summed E-state index contributed by atoms with van der Waals surface area (Å²) in [5, 5.41) is 11.2.